The number of ether oxygens (including phenoxy) is 10. The Kier molecular flexibility index (Phi) is 34.2. The van der Waals surface area contributed by atoms with E-state index >= 15 is 0 Å². The van der Waals surface area contributed by atoms with Crippen LogP contribution in [0, 0.1) is 27.7 Å². The molecule has 746 valence electrons. The van der Waals surface area contributed by atoms with Crippen LogP contribution < -0.4 is 68.6 Å². The number of carbonyl (C=O) groups excluding carboxylic acids is 3. The smallest absolute Gasteiger partial charge is 0.271 e. The van der Waals surface area contributed by atoms with Gasteiger partial charge in [0.25, 0.3) is 17.7 Å². The van der Waals surface area contributed by atoms with E-state index in [1.165, 1.54) is 89.6 Å². The van der Waals surface area contributed by atoms with E-state index in [-0.39, 0.29) is 63.8 Å². The van der Waals surface area contributed by atoms with Crippen LogP contribution in [-0.2, 0) is 91.5 Å². The zero-order chi connectivity index (χ0) is 100. The van der Waals surface area contributed by atoms with E-state index in [1.54, 1.807) is 11.3 Å². The number of hydrogen-bond acceptors (Lipinski definition) is 26. The number of thiazole rings is 4. The minimum absolute atomic E-state index is 0.0849. The molecule has 5 aliphatic rings. The molecule has 12 aromatic carbocycles. The third-order valence-electron chi connectivity index (χ3n) is 24.6. The molecule has 4 aromatic heterocycles. The lowest BCUT2D eigenvalue weighted by molar-refractivity contribution is 0.0930. The van der Waals surface area contributed by atoms with Crippen molar-refractivity contribution < 1.29 is 61.8 Å². The maximum absolute atomic E-state index is 13.4. The molecule has 3 amide bonds. The van der Waals surface area contributed by atoms with E-state index in [0.717, 1.165) is 181 Å². The van der Waals surface area contributed by atoms with Crippen LogP contribution in [0.1, 0.15) is 166 Å². The van der Waals surface area contributed by atoms with Crippen LogP contribution in [0.25, 0.3) is 5.70 Å². The van der Waals surface area contributed by atoms with Gasteiger partial charge >= 0.3 is 0 Å². The molecular formula is C117H116N12O13S4. The van der Waals surface area contributed by atoms with Crippen molar-refractivity contribution in [1.82, 2.24) is 60.8 Å². The molecule has 5 aliphatic heterocycles. The Labute approximate surface area is 867 Å². The number of nitrogens with one attached hydrogen (secondary N) is 4. The molecule has 0 bridgehead atoms. The number of carbonyl (C=O) groups is 3. The summed E-state index contributed by atoms with van der Waals surface area (Å²) in [6, 6.07) is 94.8. The molecule has 0 fully saturated rings. The van der Waals surface area contributed by atoms with Gasteiger partial charge in [0.05, 0.1) is 43.6 Å². The molecule has 0 radical (unpaired) electrons. The highest BCUT2D eigenvalue weighted by Gasteiger charge is 2.27. The predicted octanol–water partition coefficient (Wildman–Crippen LogP) is 22.6. The lowest BCUT2D eigenvalue weighted by atomic mass is 9.98. The average molecular weight is 2030 g/mol. The SMILES string of the molecule is C=C(NCc1ccc2c(c1)OCO2)c1csc(CN(Cc2ccc(C)cc2)Cc2ccc3c(c2)OCO3)n1.Cc1ccc(CN(Cc2ccc3c(c2)OCO3)Cc2nc(C(=O)NC(C)C)cs2)cc1.Cc1ccc(CN(Cc2ccc3c(c2)OCO3)Cc2nc(C(=O)NC(c3ccccc3)c3ccccc3)cs2)cc1.Cc1ccc(CN(Cc2ccc3c(c2)OCO3)Cc2nc(C(=O)NCCc3ccccc3)cs2)cc1. The molecule has 4 N–H and O–H groups in total. The van der Waals surface area contributed by atoms with Crippen molar-refractivity contribution in [2.75, 3.05) is 40.5 Å². The molecule has 0 saturated carbocycles. The van der Waals surface area contributed by atoms with E-state index in [0.29, 0.717) is 56.4 Å². The quantitative estimate of drug-likeness (QED) is 0.0280. The van der Waals surface area contributed by atoms with Gasteiger partial charge in [0.15, 0.2) is 57.5 Å². The van der Waals surface area contributed by atoms with Crippen molar-refractivity contribution in [1.29, 1.82) is 0 Å². The summed E-state index contributed by atoms with van der Waals surface area (Å²) in [7, 11) is 0. The molecule has 25 nitrogen and oxygen atoms in total. The highest BCUT2D eigenvalue weighted by Crippen LogP contribution is 2.40. The van der Waals surface area contributed by atoms with Gasteiger partial charge < -0.3 is 68.6 Å². The molecule has 0 unspecified atom stereocenters. The molecule has 29 heteroatoms. The lowest BCUT2D eigenvalue weighted by Gasteiger charge is -2.22. The Balaban J connectivity index is 0.000000128. The topological polar surface area (TPSA) is 256 Å². The molecule has 9 heterocycles. The van der Waals surface area contributed by atoms with Gasteiger partial charge in [-0.15, -0.1) is 45.3 Å². The Bertz CT molecular complexity index is 7030. The van der Waals surface area contributed by atoms with E-state index in [4.69, 9.17) is 57.3 Å². The predicted molar refractivity (Wildman–Crippen MR) is 571 cm³/mol. The van der Waals surface area contributed by atoms with Crippen LogP contribution >= 0.6 is 45.3 Å². The first-order chi connectivity index (χ1) is 71.3. The first kappa shape index (κ1) is 101. The fourth-order valence-corrected chi connectivity index (χ4v) is 20.3. The summed E-state index contributed by atoms with van der Waals surface area (Å²) in [6.07, 6.45) is 0.795. The van der Waals surface area contributed by atoms with Crippen molar-refractivity contribution in [3.63, 3.8) is 0 Å². The van der Waals surface area contributed by atoms with Crippen molar-refractivity contribution in [3.05, 3.63) is 439 Å². The molecule has 0 atom stereocenters. The number of nitrogens with zero attached hydrogens (tertiary/aromatic N) is 8. The normalized spacial score (nSPS) is 12.5. The summed E-state index contributed by atoms with van der Waals surface area (Å²) in [5.41, 5.74) is 21.9. The van der Waals surface area contributed by atoms with E-state index in [2.05, 4.69) is 230 Å². The van der Waals surface area contributed by atoms with Crippen molar-refractivity contribution in [3.8, 4) is 57.5 Å². The third kappa shape index (κ3) is 28.8. The first-order valence-corrected chi connectivity index (χ1v) is 52.1. The van der Waals surface area contributed by atoms with Gasteiger partial charge in [0.1, 0.15) is 37.1 Å². The number of hydrogen-bond donors (Lipinski definition) is 4. The van der Waals surface area contributed by atoms with Gasteiger partial charge in [0, 0.05) is 93.0 Å². The molecule has 0 aliphatic carbocycles. The van der Waals surface area contributed by atoms with Crippen LogP contribution in [0.4, 0.5) is 0 Å². The second-order valence-corrected chi connectivity index (χ2v) is 40.4. The van der Waals surface area contributed by atoms with Gasteiger partial charge in [-0.1, -0.05) is 247 Å². The summed E-state index contributed by atoms with van der Waals surface area (Å²) in [5, 5.41) is 23.8. The van der Waals surface area contributed by atoms with Crippen molar-refractivity contribution in [2.24, 2.45) is 0 Å². The van der Waals surface area contributed by atoms with Crippen LogP contribution in [0.3, 0.4) is 0 Å². The monoisotopic (exact) mass is 2020 g/mol. The highest BCUT2D eigenvalue weighted by atomic mass is 32.1. The van der Waals surface area contributed by atoms with Crippen LogP contribution in [0.2, 0.25) is 0 Å². The average Bonchev–Trinajstić information content (AvgIpc) is 1.21. The lowest BCUT2D eigenvalue weighted by Crippen LogP contribution is -2.30. The maximum atomic E-state index is 13.4. The zero-order valence-electron chi connectivity index (χ0n) is 82.4. The summed E-state index contributed by atoms with van der Waals surface area (Å²) < 4.78 is 55.0. The maximum Gasteiger partial charge on any atom is 0.271 e. The van der Waals surface area contributed by atoms with Crippen LogP contribution in [0.5, 0.6) is 57.5 Å². The Morgan fingerprint density at radius 1 is 0.295 bits per heavy atom. The third-order valence-corrected chi connectivity index (χ3v) is 27.9. The largest absolute Gasteiger partial charge is 0.454 e. The molecular weight excluding hydrogens is 1910 g/mol. The van der Waals surface area contributed by atoms with Crippen LogP contribution in [0.15, 0.2) is 307 Å². The summed E-state index contributed by atoms with van der Waals surface area (Å²) in [4.78, 5) is 66.6. The second-order valence-electron chi connectivity index (χ2n) is 36.6. The van der Waals surface area contributed by atoms with Gasteiger partial charge in [-0.05, 0) is 175 Å². The van der Waals surface area contributed by atoms with E-state index in [1.807, 2.05) is 170 Å². The number of amides is 3. The summed E-state index contributed by atoms with van der Waals surface area (Å²) >= 11 is 6.20. The number of rotatable bonds is 38. The number of aromatic nitrogens is 4. The first-order valence-electron chi connectivity index (χ1n) is 48.6. The van der Waals surface area contributed by atoms with Crippen molar-refractivity contribution in [2.45, 2.75) is 145 Å². The summed E-state index contributed by atoms with van der Waals surface area (Å²) in [6.45, 7) is 27.7. The minimum atomic E-state index is -0.265. The van der Waals surface area contributed by atoms with Gasteiger partial charge in [-0.25, -0.2) is 19.9 Å². The van der Waals surface area contributed by atoms with E-state index in [9.17, 15) is 14.4 Å². The molecule has 0 saturated heterocycles. The zero-order valence-corrected chi connectivity index (χ0v) is 85.7. The summed E-state index contributed by atoms with van der Waals surface area (Å²) in [5.74, 6) is 7.42. The standard InChI is InChI=1S/C34H31N3O3S.C30H29N3O4S.C29H29N3O3S.C24H27N3O3S/c1-24-12-14-25(15-13-24)19-37(20-26-16-17-30-31(18-26)40-23-39-30)21-32-35-29(22-41-32)34(38)36-33(27-8-4-2-5-9-27)28-10-6-3-7-11-28;1-20-3-5-22(6-4-20)14-33(15-24-8-10-27-29(12-24)37-19-35-27)16-30-32-25(17-38-30)21(2)31-13-23-7-9-26-28(11-23)36-18-34-26;1-21-7-9-23(10-8-21)16-32(17-24-11-12-26-27(15-24)35-20-34-26)18-28-31-25(19-36-28)29(33)30-14-13-22-5-3-2-4-6-22;1-16(2)25-24(28)20-14-31-23(26-20)13-27(11-18-6-4-17(3)5-7-18)12-19-8-9-21-22(10-19)30-15-29-21/h2-18,22,33H,19-21,23H2,1H3,(H,36,38);3-12,17,31H,2,13-16,18-19H2,1H3;2-12,15,19H,13-14,16-18,20H2,1H3,(H,30,33);4-10,14,16H,11-13,15H2,1-3H3,(H,25,28). The molecule has 0 spiro atoms. The van der Waals surface area contributed by atoms with Gasteiger partial charge in [-0.3, -0.25) is 34.0 Å². The fourth-order valence-electron chi connectivity index (χ4n) is 17.0. The van der Waals surface area contributed by atoms with Crippen molar-refractivity contribution >= 4 is 68.8 Å². The Morgan fingerprint density at radius 3 is 0.890 bits per heavy atom. The highest BCUT2D eigenvalue weighted by molar-refractivity contribution is 7.10. The molecule has 21 rings (SSSR count). The Hall–Kier alpha value is -15.1. The Morgan fingerprint density at radius 2 is 0.562 bits per heavy atom. The van der Waals surface area contributed by atoms with E-state index < -0.39 is 0 Å². The van der Waals surface area contributed by atoms with Crippen LogP contribution in [-0.4, -0.2) is 104 Å². The number of fused-ring (bicyclic) bond motifs is 5. The fraction of sp³-hybridized carbons (Fsp3) is 0.239. The number of aryl methyl sites for hydroxylation is 4. The minimum Gasteiger partial charge on any atom is -0.454 e. The molecule has 146 heavy (non-hydrogen) atoms. The second kappa shape index (κ2) is 49.5. The van der Waals surface area contributed by atoms with Gasteiger partial charge in [0.2, 0.25) is 34.0 Å². The number of benzene rings is 12. The van der Waals surface area contributed by atoms with Gasteiger partial charge in [-0.2, -0.15) is 0 Å². The molecule has 16 aromatic rings.